The van der Waals surface area contributed by atoms with Crippen molar-refractivity contribution in [1.82, 2.24) is 0 Å². The van der Waals surface area contributed by atoms with Crippen molar-refractivity contribution in [3.8, 4) is 5.40 Å². The first-order valence-electron chi connectivity index (χ1n) is 3.48. The highest BCUT2D eigenvalue weighted by molar-refractivity contribution is 8.03. The molecule has 1 rings (SSSR count). The van der Waals surface area contributed by atoms with Crippen molar-refractivity contribution in [2.45, 2.75) is 4.90 Å². The lowest BCUT2D eigenvalue weighted by Gasteiger charge is -1.97. The molecular formula is C8H4N2O3S. The van der Waals surface area contributed by atoms with E-state index in [2.05, 4.69) is 0 Å². The Morgan fingerprint density at radius 1 is 1.57 bits per heavy atom. The number of hydrogen-bond donors (Lipinski definition) is 0. The van der Waals surface area contributed by atoms with Gasteiger partial charge in [-0.3, -0.25) is 14.9 Å². The van der Waals surface area contributed by atoms with Crippen molar-refractivity contribution in [3.63, 3.8) is 0 Å². The number of non-ortho nitro benzene ring substituents is 1. The van der Waals surface area contributed by atoms with E-state index in [0.717, 1.165) is 11.8 Å². The molecule has 0 aliphatic carbocycles. The quantitative estimate of drug-likeness (QED) is 0.249. The fourth-order valence-electron chi connectivity index (χ4n) is 0.872. The highest BCUT2D eigenvalue weighted by Crippen LogP contribution is 2.25. The molecule has 0 aliphatic rings. The zero-order valence-corrected chi connectivity index (χ0v) is 7.65. The van der Waals surface area contributed by atoms with E-state index in [4.69, 9.17) is 5.26 Å². The molecular weight excluding hydrogens is 204 g/mol. The number of rotatable bonds is 3. The number of carbonyl (C=O) groups is 1. The second kappa shape index (κ2) is 4.39. The molecule has 0 bridgehead atoms. The maximum Gasteiger partial charge on any atom is 0.270 e. The molecule has 0 N–H and O–H groups in total. The summed E-state index contributed by atoms with van der Waals surface area (Å²) in [6.07, 6.45) is 0.559. The summed E-state index contributed by atoms with van der Waals surface area (Å²) in [5, 5.41) is 20.5. The molecule has 0 saturated heterocycles. The Morgan fingerprint density at radius 2 is 2.29 bits per heavy atom. The molecule has 14 heavy (non-hydrogen) atoms. The Morgan fingerprint density at radius 3 is 2.79 bits per heavy atom. The van der Waals surface area contributed by atoms with E-state index in [0.29, 0.717) is 11.2 Å². The molecule has 0 radical (unpaired) electrons. The predicted molar refractivity (Wildman–Crippen MR) is 50.0 cm³/mol. The summed E-state index contributed by atoms with van der Waals surface area (Å²) in [4.78, 5) is 20.6. The van der Waals surface area contributed by atoms with Gasteiger partial charge in [0.2, 0.25) is 0 Å². The number of thiocyanates is 1. The molecule has 0 atom stereocenters. The van der Waals surface area contributed by atoms with Crippen molar-refractivity contribution in [1.29, 1.82) is 5.26 Å². The molecule has 0 amide bonds. The lowest BCUT2D eigenvalue weighted by molar-refractivity contribution is -0.385. The smallest absolute Gasteiger partial charge is 0.270 e. The van der Waals surface area contributed by atoms with Crippen LogP contribution in [0.25, 0.3) is 0 Å². The number of nitro benzene ring substituents is 1. The van der Waals surface area contributed by atoms with Gasteiger partial charge in [0.1, 0.15) is 5.40 Å². The minimum atomic E-state index is -0.573. The van der Waals surface area contributed by atoms with Crippen LogP contribution in [0.5, 0.6) is 0 Å². The highest BCUT2D eigenvalue weighted by atomic mass is 32.2. The fourth-order valence-corrected chi connectivity index (χ4v) is 1.38. The van der Waals surface area contributed by atoms with E-state index >= 15 is 0 Å². The largest absolute Gasteiger partial charge is 0.298 e. The molecule has 0 fully saturated rings. The SMILES string of the molecule is N#CSc1cc([N+](=O)[O-])ccc1C=O. The Balaban J connectivity index is 3.21. The van der Waals surface area contributed by atoms with Gasteiger partial charge < -0.3 is 0 Å². The van der Waals surface area contributed by atoms with Gasteiger partial charge in [-0.15, -0.1) is 0 Å². The number of carbonyl (C=O) groups excluding carboxylic acids is 1. The van der Waals surface area contributed by atoms with Gasteiger partial charge in [-0.1, -0.05) is 0 Å². The van der Waals surface area contributed by atoms with Crippen molar-refractivity contribution < 1.29 is 9.72 Å². The summed E-state index contributed by atoms with van der Waals surface area (Å²) in [5.74, 6) is 0. The highest BCUT2D eigenvalue weighted by Gasteiger charge is 2.10. The third-order valence-corrected chi connectivity index (χ3v) is 2.16. The Labute approximate surface area is 83.5 Å². The van der Waals surface area contributed by atoms with Crippen molar-refractivity contribution in [2.75, 3.05) is 0 Å². The van der Waals surface area contributed by atoms with E-state index in [1.807, 2.05) is 0 Å². The summed E-state index contributed by atoms with van der Waals surface area (Å²) in [7, 11) is 0. The first-order chi connectivity index (χ1) is 6.69. The summed E-state index contributed by atoms with van der Waals surface area (Å²) >= 11 is 0.728. The molecule has 1 aromatic carbocycles. The zero-order valence-electron chi connectivity index (χ0n) is 6.84. The first kappa shape index (κ1) is 10.2. The van der Waals surface area contributed by atoms with Gasteiger partial charge >= 0.3 is 0 Å². The minimum absolute atomic E-state index is 0.131. The predicted octanol–water partition coefficient (Wildman–Crippen LogP) is 1.98. The molecule has 70 valence electrons. The standard InChI is InChI=1S/C8H4N2O3S/c9-5-14-8-3-7(10(12)13)2-1-6(8)4-11/h1-4H. The maximum absolute atomic E-state index is 10.5. The monoisotopic (exact) mass is 208 g/mol. The minimum Gasteiger partial charge on any atom is -0.298 e. The van der Waals surface area contributed by atoms with Gasteiger partial charge in [-0.2, -0.15) is 5.26 Å². The van der Waals surface area contributed by atoms with Gasteiger partial charge in [-0.05, 0) is 17.8 Å². The number of thioether (sulfide) groups is 1. The Bertz CT molecular complexity index is 425. The normalized spacial score (nSPS) is 9.07. The van der Waals surface area contributed by atoms with Crippen LogP contribution >= 0.6 is 11.8 Å². The topological polar surface area (TPSA) is 84.0 Å². The van der Waals surface area contributed by atoms with Gasteiger partial charge in [-0.25, -0.2) is 0 Å². The summed E-state index contributed by atoms with van der Waals surface area (Å²) in [5.41, 5.74) is 0.149. The van der Waals surface area contributed by atoms with Crippen LogP contribution in [0.4, 0.5) is 5.69 Å². The number of nitriles is 1. The molecule has 0 aromatic heterocycles. The average Bonchev–Trinajstić information content (AvgIpc) is 2.18. The van der Waals surface area contributed by atoms with E-state index in [9.17, 15) is 14.9 Å². The summed E-state index contributed by atoms with van der Waals surface area (Å²) < 4.78 is 0. The molecule has 0 saturated carbocycles. The van der Waals surface area contributed by atoms with Crippen molar-refractivity contribution >= 4 is 23.7 Å². The molecule has 0 aliphatic heterocycles. The maximum atomic E-state index is 10.5. The van der Waals surface area contributed by atoms with Crippen LogP contribution in [0.2, 0.25) is 0 Å². The third kappa shape index (κ3) is 2.08. The lowest BCUT2D eigenvalue weighted by Crippen LogP contribution is -1.90. The zero-order chi connectivity index (χ0) is 10.6. The second-order valence-corrected chi connectivity index (χ2v) is 3.12. The molecule has 0 spiro atoms. The van der Waals surface area contributed by atoms with Crippen LogP contribution in [-0.2, 0) is 0 Å². The van der Waals surface area contributed by atoms with Crippen LogP contribution in [0, 0.1) is 20.8 Å². The molecule has 1 aromatic rings. The molecule has 5 nitrogen and oxygen atoms in total. The van der Waals surface area contributed by atoms with E-state index in [-0.39, 0.29) is 11.3 Å². The van der Waals surface area contributed by atoms with Gasteiger partial charge in [0.05, 0.1) is 4.92 Å². The van der Waals surface area contributed by atoms with Crippen LogP contribution < -0.4 is 0 Å². The Hall–Kier alpha value is -1.87. The van der Waals surface area contributed by atoms with Crippen LogP contribution in [-0.4, -0.2) is 11.2 Å². The van der Waals surface area contributed by atoms with E-state index in [1.54, 1.807) is 5.40 Å². The molecule has 0 unspecified atom stereocenters. The number of nitro groups is 1. The second-order valence-electron chi connectivity index (χ2n) is 2.29. The number of nitrogens with zero attached hydrogens (tertiary/aromatic N) is 2. The Kier molecular flexibility index (Phi) is 3.20. The van der Waals surface area contributed by atoms with Gasteiger partial charge in [0, 0.05) is 22.6 Å². The fraction of sp³-hybridized carbons (Fsp3) is 0. The average molecular weight is 208 g/mol. The summed E-state index contributed by atoms with van der Waals surface area (Å²) in [6.45, 7) is 0. The number of hydrogen-bond acceptors (Lipinski definition) is 5. The number of benzene rings is 1. The lowest BCUT2D eigenvalue weighted by atomic mass is 10.2. The van der Waals surface area contributed by atoms with E-state index in [1.165, 1.54) is 18.2 Å². The van der Waals surface area contributed by atoms with Crippen molar-refractivity contribution in [3.05, 3.63) is 33.9 Å². The molecule has 0 heterocycles. The molecule has 6 heteroatoms. The van der Waals surface area contributed by atoms with Gasteiger partial charge in [0.15, 0.2) is 6.29 Å². The van der Waals surface area contributed by atoms with E-state index < -0.39 is 4.92 Å². The van der Waals surface area contributed by atoms with Crippen molar-refractivity contribution in [2.24, 2.45) is 0 Å². The van der Waals surface area contributed by atoms with Gasteiger partial charge in [0.25, 0.3) is 5.69 Å². The number of aldehydes is 1. The summed E-state index contributed by atoms with van der Waals surface area (Å²) in [6, 6.07) is 3.76. The van der Waals surface area contributed by atoms with Crippen LogP contribution in [0.1, 0.15) is 10.4 Å². The first-order valence-corrected chi connectivity index (χ1v) is 4.30. The third-order valence-electron chi connectivity index (χ3n) is 1.49. The van der Waals surface area contributed by atoms with Crippen LogP contribution in [0.15, 0.2) is 23.1 Å². The van der Waals surface area contributed by atoms with Crippen LogP contribution in [0.3, 0.4) is 0 Å².